The van der Waals surface area contributed by atoms with Gasteiger partial charge in [0.15, 0.2) is 0 Å². The predicted molar refractivity (Wildman–Crippen MR) is 46.7 cm³/mol. The Hall–Kier alpha value is -0.180. The number of carbonyl (C=O) groups excluding carboxylic acids is 1. The van der Waals surface area contributed by atoms with Crippen molar-refractivity contribution >= 4 is 17.7 Å². The third kappa shape index (κ3) is 2.73. The van der Waals surface area contributed by atoms with Gasteiger partial charge in [0.05, 0.1) is 6.61 Å². The molecule has 0 aromatic heterocycles. The monoisotopic (exact) mass is 174 g/mol. The topological polar surface area (TPSA) is 26.3 Å². The van der Waals surface area contributed by atoms with Crippen LogP contribution < -0.4 is 0 Å². The van der Waals surface area contributed by atoms with Gasteiger partial charge in [-0.2, -0.15) is 0 Å². The number of thioether (sulfide) groups is 1. The van der Waals surface area contributed by atoms with Crippen LogP contribution in [0.4, 0.5) is 0 Å². The Morgan fingerprint density at radius 1 is 1.73 bits per heavy atom. The quantitative estimate of drug-likeness (QED) is 0.611. The van der Waals surface area contributed by atoms with Crippen molar-refractivity contribution in [3.05, 3.63) is 0 Å². The van der Waals surface area contributed by atoms with Crippen LogP contribution in [0.3, 0.4) is 0 Å². The molecule has 1 rings (SSSR count). The lowest BCUT2D eigenvalue weighted by Gasteiger charge is -2.07. The molecule has 3 heteroatoms. The highest BCUT2D eigenvalue weighted by Gasteiger charge is 2.24. The molecule has 0 aromatic rings. The number of esters is 1. The van der Waals surface area contributed by atoms with Crippen LogP contribution in [-0.2, 0) is 9.53 Å². The van der Waals surface area contributed by atoms with Crippen molar-refractivity contribution in [2.45, 2.75) is 31.4 Å². The molecule has 64 valence electrons. The zero-order valence-corrected chi connectivity index (χ0v) is 7.65. The smallest absolute Gasteiger partial charge is 0.319 e. The first-order valence-electron chi connectivity index (χ1n) is 4.13. The summed E-state index contributed by atoms with van der Waals surface area (Å²) in [5.74, 6) is 1.11. The fraction of sp³-hybridized carbons (Fsp3) is 0.875. The van der Waals surface area contributed by atoms with Crippen molar-refractivity contribution in [3.8, 4) is 0 Å². The summed E-state index contributed by atoms with van der Waals surface area (Å²) in [6, 6.07) is 0. The molecule has 11 heavy (non-hydrogen) atoms. The van der Waals surface area contributed by atoms with Gasteiger partial charge in [-0.3, -0.25) is 4.79 Å². The molecule has 1 heterocycles. The minimum atomic E-state index is -0.00523. The van der Waals surface area contributed by atoms with E-state index in [1.165, 1.54) is 0 Å². The Balaban J connectivity index is 2.17. The molecule has 0 aromatic carbocycles. The van der Waals surface area contributed by atoms with Gasteiger partial charge in [-0.25, -0.2) is 0 Å². The highest BCUT2D eigenvalue weighted by molar-refractivity contribution is 8.00. The first-order chi connectivity index (χ1) is 5.34. The summed E-state index contributed by atoms with van der Waals surface area (Å²) in [4.78, 5) is 11.2. The molecule has 0 saturated carbocycles. The molecule has 2 nitrogen and oxygen atoms in total. The summed E-state index contributed by atoms with van der Waals surface area (Å²) in [6.45, 7) is 2.59. The van der Waals surface area contributed by atoms with Crippen molar-refractivity contribution in [2.75, 3.05) is 12.4 Å². The Kier molecular flexibility index (Phi) is 3.77. The van der Waals surface area contributed by atoms with Crippen molar-refractivity contribution in [1.29, 1.82) is 0 Å². The predicted octanol–water partition coefficient (Wildman–Crippen LogP) is 1.84. The molecule has 0 bridgehead atoms. The van der Waals surface area contributed by atoms with Gasteiger partial charge in [0.2, 0.25) is 0 Å². The largest absolute Gasteiger partial charge is 0.465 e. The number of hydrogen-bond acceptors (Lipinski definition) is 3. The zero-order chi connectivity index (χ0) is 8.10. The lowest BCUT2D eigenvalue weighted by atomic mass is 10.2. The number of rotatable bonds is 3. The number of ether oxygens (including phenoxy) is 1. The van der Waals surface area contributed by atoms with E-state index < -0.39 is 0 Å². The second kappa shape index (κ2) is 4.65. The molecular formula is C8H14O2S. The second-order valence-corrected chi connectivity index (χ2v) is 3.98. The van der Waals surface area contributed by atoms with Crippen LogP contribution in [0.2, 0.25) is 0 Å². The number of hydrogen-bond donors (Lipinski definition) is 0. The molecule has 0 radical (unpaired) electrons. The van der Waals surface area contributed by atoms with Gasteiger partial charge >= 0.3 is 5.97 Å². The van der Waals surface area contributed by atoms with Crippen LogP contribution in [-0.4, -0.2) is 23.6 Å². The van der Waals surface area contributed by atoms with Crippen LogP contribution in [0, 0.1) is 0 Å². The summed E-state index contributed by atoms with van der Waals surface area (Å²) in [5.41, 5.74) is 0. The molecule has 1 aliphatic heterocycles. The second-order valence-electron chi connectivity index (χ2n) is 2.67. The average Bonchev–Trinajstić information content (AvgIpc) is 2.52. The summed E-state index contributed by atoms with van der Waals surface area (Å²) in [7, 11) is 0. The van der Waals surface area contributed by atoms with Gasteiger partial charge in [-0.1, -0.05) is 6.92 Å². The van der Waals surface area contributed by atoms with Gasteiger partial charge in [-0.05, 0) is 25.0 Å². The van der Waals surface area contributed by atoms with Crippen LogP contribution in [0.1, 0.15) is 26.2 Å². The van der Waals surface area contributed by atoms with Gasteiger partial charge in [0.1, 0.15) is 5.25 Å². The van der Waals surface area contributed by atoms with Gasteiger partial charge in [-0.15, -0.1) is 11.8 Å². The maximum atomic E-state index is 11.2. The number of carbonyl (C=O) groups is 1. The molecule has 0 spiro atoms. The maximum Gasteiger partial charge on any atom is 0.319 e. The highest BCUT2D eigenvalue weighted by Crippen LogP contribution is 2.26. The van der Waals surface area contributed by atoms with E-state index in [4.69, 9.17) is 4.74 Å². The average molecular weight is 174 g/mol. The summed E-state index contributed by atoms with van der Waals surface area (Å²) in [6.07, 6.45) is 3.09. The lowest BCUT2D eigenvalue weighted by Crippen LogP contribution is -2.17. The molecule has 0 N–H and O–H groups in total. The van der Waals surface area contributed by atoms with Crippen molar-refractivity contribution in [1.82, 2.24) is 0 Å². The van der Waals surface area contributed by atoms with Crippen LogP contribution in [0.25, 0.3) is 0 Å². The molecule has 1 atom stereocenters. The van der Waals surface area contributed by atoms with E-state index >= 15 is 0 Å². The Morgan fingerprint density at radius 2 is 2.55 bits per heavy atom. The Bertz CT molecular complexity index is 130. The van der Waals surface area contributed by atoms with Crippen molar-refractivity contribution in [3.63, 3.8) is 0 Å². The molecule has 1 fully saturated rings. The highest BCUT2D eigenvalue weighted by atomic mass is 32.2. The third-order valence-electron chi connectivity index (χ3n) is 1.64. The van der Waals surface area contributed by atoms with E-state index in [-0.39, 0.29) is 11.2 Å². The van der Waals surface area contributed by atoms with Gasteiger partial charge < -0.3 is 4.74 Å². The minimum Gasteiger partial charge on any atom is -0.465 e. The van der Waals surface area contributed by atoms with Crippen molar-refractivity contribution in [2.24, 2.45) is 0 Å². The van der Waals surface area contributed by atoms with E-state index in [1.54, 1.807) is 11.8 Å². The summed E-state index contributed by atoms with van der Waals surface area (Å²) < 4.78 is 5.02. The molecule has 0 amide bonds. The third-order valence-corrected chi connectivity index (χ3v) is 3.00. The van der Waals surface area contributed by atoms with Crippen LogP contribution in [0.15, 0.2) is 0 Å². The van der Waals surface area contributed by atoms with Gasteiger partial charge in [0, 0.05) is 0 Å². The van der Waals surface area contributed by atoms with E-state index in [2.05, 4.69) is 0 Å². The fourth-order valence-electron chi connectivity index (χ4n) is 1.06. The summed E-state index contributed by atoms with van der Waals surface area (Å²) in [5, 5.41) is 0.140. The van der Waals surface area contributed by atoms with E-state index in [9.17, 15) is 4.79 Å². The minimum absolute atomic E-state index is 0.00523. The molecular weight excluding hydrogens is 160 g/mol. The maximum absolute atomic E-state index is 11.2. The zero-order valence-electron chi connectivity index (χ0n) is 6.84. The standard InChI is InChI=1S/C8H14O2S/c1-2-5-10-8(9)7-4-3-6-11-7/h7H,2-6H2,1H3. The molecule has 1 saturated heterocycles. The van der Waals surface area contributed by atoms with E-state index in [0.29, 0.717) is 6.61 Å². The van der Waals surface area contributed by atoms with E-state index in [1.807, 2.05) is 6.92 Å². The molecule has 1 unspecified atom stereocenters. The molecule has 0 aliphatic carbocycles. The van der Waals surface area contributed by atoms with Crippen molar-refractivity contribution < 1.29 is 9.53 Å². The Labute approximate surface area is 71.7 Å². The van der Waals surface area contributed by atoms with Crippen LogP contribution >= 0.6 is 11.8 Å². The first kappa shape index (κ1) is 8.91. The first-order valence-corrected chi connectivity index (χ1v) is 5.17. The van der Waals surface area contributed by atoms with Crippen LogP contribution in [0.5, 0.6) is 0 Å². The molecule has 1 aliphatic rings. The summed E-state index contributed by atoms with van der Waals surface area (Å²) >= 11 is 1.73. The van der Waals surface area contributed by atoms with E-state index in [0.717, 1.165) is 25.0 Å². The van der Waals surface area contributed by atoms with Gasteiger partial charge in [0.25, 0.3) is 0 Å². The normalized spacial score (nSPS) is 23.5. The fourth-order valence-corrected chi connectivity index (χ4v) is 2.21. The lowest BCUT2D eigenvalue weighted by molar-refractivity contribution is -0.142. The SMILES string of the molecule is CCCOC(=O)C1CCCS1. The Morgan fingerprint density at radius 3 is 3.09 bits per heavy atom.